The predicted octanol–water partition coefficient (Wildman–Crippen LogP) is 2.44. The van der Waals surface area contributed by atoms with Gasteiger partial charge in [0.15, 0.2) is 0 Å². The third-order valence-electron chi connectivity index (χ3n) is 7.68. The molecule has 0 heterocycles. The Kier molecular flexibility index (Phi) is 2.72. The zero-order valence-corrected chi connectivity index (χ0v) is 13.8. The summed E-state index contributed by atoms with van der Waals surface area (Å²) in [6, 6.07) is 0. The highest BCUT2D eigenvalue weighted by atomic mass is 32.2. The molecule has 0 spiro atoms. The van der Waals surface area contributed by atoms with Crippen LogP contribution in [0.15, 0.2) is 0 Å². The van der Waals surface area contributed by atoms with Gasteiger partial charge in [-0.25, -0.2) is 12.7 Å². The number of sulfonamides is 1. The summed E-state index contributed by atoms with van der Waals surface area (Å²) in [6.45, 7) is 4.85. The Bertz CT molecular complexity index is 529. The minimum absolute atomic E-state index is 0.0781. The van der Waals surface area contributed by atoms with E-state index in [2.05, 4.69) is 13.8 Å². The minimum atomic E-state index is -3.06. The van der Waals surface area contributed by atoms with Crippen molar-refractivity contribution in [2.24, 2.45) is 47.3 Å². The van der Waals surface area contributed by atoms with Crippen LogP contribution in [-0.2, 0) is 10.0 Å². The van der Waals surface area contributed by atoms with Gasteiger partial charge in [0.25, 0.3) is 0 Å². The first-order valence-electron chi connectivity index (χ1n) is 8.25. The highest BCUT2D eigenvalue weighted by Crippen LogP contribution is 2.70. The van der Waals surface area contributed by atoms with Crippen molar-refractivity contribution in [2.45, 2.75) is 38.4 Å². The van der Waals surface area contributed by atoms with Crippen molar-refractivity contribution in [2.75, 3.05) is 14.1 Å². The van der Waals surface area contributed by atoms with E-state index in [9.17, 15) is 8.42 Å². The molecule has 3 nitrogen and oxygen atoms in total. The van der Waals surface area contributed by atoms with Crippen LogP contribution in [0.4, 0.5) is 0 Å². The molecule has 20 heavy (non-hydrogen) atoms. The molecule has 0 aromatic rings. The molecule has 4 aliphatic rings. The van der Waals surface area contributed by atoms with E-state index in [4.69, 9.17) is 0 Å². The van der Waals surface area contributed by atoms with Crippen LogP contribution in [0.25, 0.3) is 0 Å². The molecule has 0 N–H and O–H groups in total. The first kappa shape index (κ1) is 13.6. The molecule has 9 atom stereocenters. The molecule has 4 heteroatoms. The molecule has 0 radical (unpaired) electrons. The Labute approximate surface area is 123 Å². The molecule has 0 aromatic heterocycles. The molecule has 0 saturated heterocycles. The fourth-order valence-electron chi connectivity index (χ4n) is 6.78. The molecule has 4 bridgehead atoms. The number of fused-ring (bicyclic) bond motifs is 9. The molecule has 4 rings (SSSR count). The van der Waals surface area contributed by atoms with Gasteiger partial charge >= 0.3 is 0 Å². The fourth-order valence-corrected chi connectivity index (χ4v) is 8.55. The maximum atomic E-state index is 12.6. The van der Waals surface area contributed by atoms with E-state index < -0.39 is 10.0 Å². The van der Waals surface area contributed by atoms with Crippen molar-refractivity contribution >= 4 is 10.0 Å². The Balaban J connectivity index is 1.66. The van der Waals surface area contributed by atoms with E-state index in [1.54, 1.807) is 14.1 Å². The molecule has 4 saturated carbocycles. The normalized spacial score (nSPS) is 56.8. The van der Waals surface area contributed by atoms with Crippen LogP contribution in [0.2, 0.25) is 0 Å². The molecule has 114 valence electrons. The highest BCUT2D eigenvalue weighted by molar-refractivity contribution is 7.89. The molecule has 0 aromatic carbocycles. The second-order valence-corrected chi connectivity index (χ2v) is 10.6. The quantitative estimate of drug-likeness (QED) is 0.734. The maximum Gasteiger partial charge on any atom is 0.216 e. The summed E-state index contributed by atoms with van der Waals surface area (Å²) < 4.78 is 26.6. The first-order chi connectivity index (χ1) is 9.34. The molecule has 4 fully saturated rings. The topological polar surface area (TPSA) is 37.4 Å². The fraction of sp³-hybridized carbons (Fsp3) is 1.00. The van der Waals surface area contributed by atoms with Crippen LogP contribution in [0.3, 0.4) is 0 Å². The van der Waals surface area contributed by atoms with Crippen molar-refractivity contribution in [3.63, 3.8) is 0 Å². The maximum absolute atomic E-state index is 12.6. The molecular formula is C16H27NO2S. The Morgan fingerprint density at radius 1 is 0.850 bits per heavy atom. The lowest BCUT2D eigenvalue weighted by molar-refractivity contribution is 0.0723. The first-order valence-corrected chi connectivity index (χ1v) is 9.75. The van der Waals surface area contributed by atoms with Gasteiger partial charge in [0.1, 0.15) is 0 Å². The zero-order valence-electron chi connectivity index (χ0n) is 13.0. The lowest BCUT2D eigenvalue weighted by atomic mass is 9.64. The van der Waals surface area contributed by atoms with Gasteiger partial charge in [0.2, 0.25) is 10.0 Å². The molecule has 4 aliphatic carbocycles. The summed E-state index contributed by atoms with van der Waals surface area (Å²) in [4.78, 5) is 0. The third-order valence-corrected chi connectivity index (χ3v) is 10.0. The molecular weight excluding hydrogens is 270 g/mol. The summed E-state index contributed by atoms with van der Waals surface area (Å²) in [5.41, 5.74) is 0. The largest absolute Gasteiger partial charge is 0.216 e. The number of rotatable bonds is 2. The minimum Gasteiger partial charge on any atom is -0.212 e. The molecule has 0 aliphatic heterocycles. The lowest BCUT2D eigenvalue weighted by Gasteiger charge is -2.43. The summed E-state index contributed by atoms with van der Waals surface area (Å²) >= 11 is 0. The number of hydrogen-bond acceptors (Lipinski definition) is 2. The van der Waals surface area contributed by atoms with Gasteiger partial charge < -0.3 is 0 Å². The van der Waals surface area contributed by atoms with Crippen LogP contribution < -0.4 is 0 Å². The second-order valence-electron chi connectivity index (χ2n) is 8.20. The van der Waals surface area contributed by atoms with Crippen molar-refractivity contribution in [3.8, 4) is 0 Å². The number of hydrogen-bond donors (Lipinski definition) is 0. The van der Waals surface area contributed by atoms with Crippen molar-refractivity contribution in [1.82, 2.24) is 4.31 Å². The molecule has 9 unspecified atom stereocenters. The standard InChI is InChI=1S/C16H27NO2S/c1-8-9(2)12-7-11(8)15-10-5-13(16(12)15)14(6-10)20(18,19)17(3)4/h8-16H,5-7H2,1-4H3. The van der Waals surface area contributed by atoms with Crippen molar-refractivity contribution < 1.29 is 8.42 Å². The van der Waals surface area contributed by atoms with E-state index in [0.717, 1.165) is 41.9 Å². The molecule has 0 amide bonds. The summed E-state index contributed by atoms with van der Waals surface area (Å²) in [5.74, 6) is 6.15. The van der Waals surface area contributed by atoms with E-state index >= 15 is 0 Å². The summed E-state index contributed by atoms with van der Waals surface area (Å²) in [5, 5.41) is -0.0781. The summed E-state index contributed by atoms with van der Waals surface area (Å²) in [6.07, 6.45) is 3.52. The van der Waals surface area contributed by atoms with Crippen LogP contribution in [0.1, 0.15) is 33.1 Å². The predicted molar refractivity (Wildman–Crippen MR) is 79.5 cm³/mol. The number of nitrogens with zero attached hydrogens (tertiary/aromatic N) is 1. The van der Waals surface area contributed by atoms with Gasteiger partial charge in [-0.15, -0.1) is 0 Å². The van der Waals surface area contributed by atoms with E-state index in [1.807, 2.05) is 0 Å². The van der Waals surface area contributed by atoms with Crippen LogP contribution in [-0.4, -0.2) is 32.1 Å². The van der Waals surface area contributed by atoms with Gasteiger partial charge in [-0.2, -0.15) is 0 Å². The van der Waals surface area contributed by atoms with Gasteiger partial charge in [-0.05, 0) is 66.6 Å². The average Bonchev–Trinajstić information content (AvgIpc) is 3.09. The van der Waals surface area contributed by atoms with E-state index in [0.29, 0.717) is 11.8 Å². The SMILES string of the molecule is CC1C(C)C2CC1C1C3CC(C21)C(S(=O)(=O)N(C)C)C3. The lowest BCUT2D eigenvalue weighted by Crippen LogP contribution is -2.45. The van der Waals surface area contributed by atoms with Gasteiger partial charge in [-0.3, -0.25) is 0 Å². The van der Waals surface area contributed by atoms with Gasteiger partial charge in [-0.1, -0.05) is 13.8 Å². The Morgan fingerprint density at radius 3 is 2.05 bits per heavy atom. The third kappa shape index (κ3) is 1.43. The van der Waals surface area contributed by atoms with E-state index in [-0.39, 0.29) is 5.25 Å². The summed E-state index contributed by atoms with van der Waals surface area (Å²) in [7, 11) is 0.337. The smallest absolute Gasteiger partial charge is 0.212 e. The van der Waals surface area contributed by atoms with Gasteiger partial charge in [0, 0.05) is 14.1 Å². The van der Waals surface area contributed by atoms with Crippen LogP contribution in [0.5, 0.6) is 0 Å². The highest BCUT2D eigenvalue weighted by Gasteiger charge is 2.67. The van der Waals surface area contributed by atoms with Crippen LogP contribution >= 0.6 is 0 Å². The monoisotopic (exact) mass is 297 g/mol. The van der Waals surface area contributed by atoms with Crippen molar-refractivity contribution in [3.05, 3.63) is 0 Å². The van der Waals surface area contributed by atoms with Crippen LogP contribution in [0, 0.1) is 47.3 Å². The Hall–Kier alpha value is -0.0900. The average molecular weight is 297 g/mol. The zero-order chi connectivity index (χ0) is 14.4. The second kappa shape index (κ2) is 4.01. The Morgan fingerprint density at radius 2 is 1.45 bits per heavy atom. The van der Waals surface area contributed by atoms with Crippen molar-refractivity contribution in [1.29, 1.82) is 0 Å². The van der Waals surface area contributed by atoms with E-state index in [1.165, 1.54) is 17.1 Å². The van der Waals surface area contributed by atoms with Gasteiger partial charge in [0.05, 0.1) is 5.25 Å².